The van der Waals surface area contributed by atoms with Gasteiger partial charge in [-0.3, -0.25) is 4.79 Å². The number of carboxylic acids is 1. The van der Waals surface area contributed by atoms with Gasteiger partial charge in [0.05, 0.1) is 6.42 Å². The Balaban J connectivity index is 0. The van der Waals surface area contributed by atoms with Crippen molar-refractivity contribution in [1.29, 1.82) is 0 Å². The van der Waals surface area contributed by atoms with Crippen LogP contribution in [-0.2, 0) is 24.3 Å². The summed E-state index contributed by atoms with van der Waals surface area (Å²) >= 11 is 0. The van der Waals surface area contributed by atoms with Gasteiger partial charge in [-0.05, 0) is 0 Å². The first-order valence-corrected chi connectivity index (χ1v) is 1.60. The fraction of sp³-hybridized carbons (Fsp3) is 0.250. The van der Waals surface area contributed by atoms with E-state index in [2.05, 4.69) is 6.58 Å². The predicted molar refractivity (Wildman–Crippen MR) is 22.4 cm³/mol. The predicted octanol–water partition coefficient (Wildman–Crippen LogP) is 0.645. The quantitative estimate of drug-likeness (QED) is 0.465. The van der Waals surface area contributed by atoms with Crippen molar-refractivity contribution in [2.45, 2.75) is 6.42 Å². The van der Waals surface area contributed by atoms with Gasteiger partial charge in [-0.1, -0.05) is 6.08 Å². The first-order valence-electron chi connectivity index (χ1n) is 1.60. The molecule has 0 heterocycles. The minimum absolute atomic E-state index is 0. The molecule has 0 amide bonds. The monoisotopic (exact) mass is 150 g/mol. The molecule has 0 aromatic carbocycles. The van der Waals surface area contributed by atoms with Crippen LogP contribution < -0.4 is 0 Å². The number of carbonyl (C=O) groups is 1. The zero-order chi connectivity index (χ0) is 4.99. The summed E-state index contributed by atoms with van der Waals surface area (Å²) < 4.78 is 0. The molecule has 0 bridgehead atoms. The Morgan fingerprint density at radius 2 is 2.29 bits per heavy atom. The topological polar surface area (TPSA) is 37.3 Å². The summed E-state index contributed by atoms with van der Waals surface area (Å²) in [6.07, 6.45) is 1.41. The molecular formula is C4H6O2Zn. The summed E-state index contributed by atoms with van der Waals surface area (Å²) in [6, 6.07) is 0. The second kappa shape index (κ2) is 5.83. The van der Waals surface area contributed by atoms with Crippen molar-refractivity contribution in [3.63, 3.8) is 0 Å². The summed E-state index contributed by atoms with van der Waals surface area (Å²) in [7, 11) is 0. The van der Waals surface area contributed by atoms with Gasteiger partial charge in [0.15, 0.2) is 0 Å². The molecule has 0 spiro atoms. The molecule has 0 radical (unpaired) electrons. The van der Waals surface area contributed by atoms with E-state index in [1.165, 1.54) is 6.08 Å². The number of rotatable bonds is 2. The summed E-state index contributed by atoms with van der Waals surface area (Å²) in [5.41, 5.74) is 0. The van der Waals surface area contributed by atoms with E-state index in [1.807, 2.05) is 0 Å². The van der Waals surface area contributed by atoms with Gasteiger partial charge >= 0.3 is 5.97 Å². The van der Waals surface area contributed by atoms with Crippen LogP contribution in [0, 0.1) is 0 Å². The Morgan fingerprint density at radius 3 is 2.29 bits per heavy atom. The Hall–Kier alpha value is -0.167. The molecule has 0 unspecified atom stereocenters. The van der Waals surface area contributed by atoms with Gasteiger partial charge in [-0.25, -0.2) is 0 Å². The van der Waals surface area contributed by atoms with E-state index in [1.54, 1.807) is 0 Å². The van der Waals surface area contributed by atoms with E-state index in [4.69, 9.17) is 5.11 Å². The molecule has 0 aliphatic carbocycles. The van der Waals surface area contributed by atoms with E-state index in [9.17, 15) is 4.79 Å². The molecule has 1 N–H and O–H groups in total. The largest absolute Gasteiger partial charge is 0.481 e. The first kappa shape index (κ1) is 9.95. The average molecular weight is 151 g/mol. The number of aliphatic carboxylic acids is 1. The Morgan fingerprint density at radius 1 is 1.86 bits per heavy atom. The fourth-order valence-electron chi connectivity index (χ4n) is 0.123. The van der Waals surface area contributed by atoms with E-state index in [0.717, 1.165) is 0 Å². The maximum Gasteiger partial charge on any atom is 0.307 e. The zero-order valence-corrected chi connectivity index (χ0v) is 7.02. The third-order valence-corrected chi connectivity index (χ3v) is 0.319. The molecule has 0 saturated heterocycles. The fourth-order valence-corrected chi connectivity index (χ4v) is 0.123. The second-order valence-corrected chi connectivity index (χ2v) is 0.887. The van der Waals surface area contributed by atoms with Crippen molar-refractivity contribution >= 4 is 5.97 Å². The molecule has 0 aromatic heterocycles. The maximum atomic E-state index is 9.53. The maximum absolute atomic E-state index is 9.53. The number of hydrogen-bond acceptors (Lipinski definition) is 1. The summed E-state index contributed by atoms with van der Waals surface area (Å²) in [6.45, 7) is 3.22. The molecule has 3 heteroatoms. The molecule has 0 aliphatic rings. The van der Waals surface area contributed by atoms with Gasteiger partial charge in [-0.2, -0.15) is 0 Å². The summed E-state index contributed by atoms with van der Waals surface area (Å²) in [5, 5.41) is 7.84. The van der Waals surface area contributed by atoms with Crippen molar-refractivity contribution in [2.24, 2.45) is 0 Å². The minimum atomic E-state index is -0.829. The first-order chi connectivity index (χ1) is 2.77. The summed E-state index contributed by atoms with van der Waals surface area (Å²) in [5.74, 6) is -0.829. The van der Waals surface area contributed by atoms with E-state index >= 15 is 0 Å². The minimum Gasteiger partial charge on any atom is -0.481 e. The third kappa shape index (κ3) is 10.7. The smallest absolute Gasteiger partial charge is 0.307 e. The van der Waals surface area contributed by atoms with Gasteiger partial charge in [-0.15, -0.1) is 6.58 Å². The van der Waals surface area contributed by atoms with Gasteiger partial charge in [0.2, 0.25) is 0 Å². The van der Waals surface area contributed by atoms with E-state index in [0.29, 0.717) is 0 Å². The van der Waals surface area contributed by atoms with Crippen LogP contribution in [0.3, 0.4) is 0 Å². The van der Waals surface area contributed by atoms with Gasteiger partial charge < -0.3 is 5.11 Å². The molecule has 2 nitrogen and oxygen atoms in total. The summed E-state index contributed by atoms with van der Waals surface area (Å²) in [4.78, 5) is 9.53. The molecule has 0 aliphatic heterocycles. The van der Waals surface area contributed by atoms with Crippen LogP contribution in [0.25, 0.3) is 0 Å². The van der Waals surface area contributed by atoms with Crippen molar-refractivity contribution in [3.05, 3.63) is 12.7 Å². The van der Waals surface area contributed by atoms with Crippen molar-refractivity contribution in [1.82, 2.24) is 0 Å². The van der Waals surface area contributed by atoms with Crippen LogP contribution >= 0.6 is 0 Å². The van der Waals surface area contributed by atoms with Crippen LogP contribution in [0.4, 0.5) is 0 Å². The van der Waals surface area contributed by atoms with E-state index in [-0.39, 0.29) is 25.9 Å². The molecule has 0 fully saturated rings. The number of hydrogen-bond donors (Lipinski definition) is 1. The Kier molecular flexibility index (Phi) is 8.29. The van der Waals surface area contributed by atoms with Crippen molar-refractivity contribution in [2.75, 3.05) is 0 Å². The van der Waals surface area contributed by atoms with Gasteiger partial charge in [0.1, 0.15) is 0 Å². The molecule has 0 aromatic rings. The SMILES string of the molecule is C=CCC(=O)O.[Zn]. The Labute approximate surface area is 55.0 Å². The molecule has 0 rings (SSSR count). The molecule has 0 saturated carbocycles. The van der Waals surface area contributed by atoms with Crippen LogP contribution in [0.1, 0.15) is 6.42 Å². The Bertz CT molecular complexity index is 70.1. The van der Waals surface area contributed by atoms with Crippen LogP contribution in [0.15, 0.2) is 12.7 Å². The standard InChI is InChI=1S/C4H6O2.Zn/c1-2-3-4(5)6;/h2H,1,3H2,(H,5,6);. The van der Waals surface area contributed by atoms with Crippen molar-refractivity contribution < 1.29 is 29.4 Å². The molecule has 36 valence electrons. The zero-order valence-electron chi connectivity index (χ0n) is 4.05. The molecule has 7 heavy (non-hydrogen) atoms. The van der Waals surface area contributed by atoms with Crippen molar-refractivity contribution in [3.8, 4) is 0 Å². The number of carboxylic acid groups (broad SMARTS) is 1. The third-order valence-electron chi connectivity index (χ3n) is 0.319. The second-order valence-electron chi connectivity index (χ2n) is 0.887. The van der Waals surface area contributed by atoms with Gasteiger partial charge in [0.25, 0.3) is 0 Å². The molecule has 0 atom stereocenters. The van der Waals surface area contributed by atoms with Crippen LogP contribution in [-0.4, -0.2) is 11.1 Å². The van der Waals surface area contributed by atoms with Gasteiger partial charge in [0, 0.05) is 19.5 Å². The molecular weight excluding hydrogens is 145 g/mol. The van der Waals surface area contributed by atoms with Crippen LogP contribution in [0.2, 0.25) is 0 Å². The average Bonchev–Trinajstić information content (AvgIpc) is 1.35. The van der Waals surface area contributed by atoms with Crippen LogP contribution in [0.5, 0.6) is 0 Å². The van der Waals surface area contributed by atoms with E-state index < -0.39 is 5.97 Å². The normalized spacial score (nSPS) is 6.29.